The van der Waals surface area contributed by atoms with Crippen LogP contribution in [-0.4, -0.2) is 12.1 Å². The van der Waals surface area contributed by atoms with E-state index in [0.29, 0.717) is 10.6 Å². The lowest BCUT2D eigenvalue weighted by molar-refractivity contribution is 0.0955. The predicted molar refractivity (Wildman–Crippen MR) is 114 cm³/mol. The molecule has 0 unspecified atom stereocenters. The van der Waals surface area contributed by atoms with E-state index in [1.165, 1.54) is 22.4 Å². The van der Waals surface area contributed by atoms with Crippen molar-refractivity contribution in [1.29, 1.82) is 0 Å². The third-order valence-corrected chi connectivity index (χ3v) is 5.21. The minimum Gasteiger partial charge on any atom is -0.363 e. The van der Waals surface area contributed by atoms with Gasteiger partial charge in [-0.25, -0.2) is 5.43 Å². The molecule has 5 heteroatoms. The second-order valence-corrected chi connectivity index (χ2v) is 7.30. The summed E-state index contributed by atoms with van der Waals surface area (Å²) in [5.74, 6) is -0.236. The number of rotatable bonds is 4. The first-order chi connectivity index (χ1) is 13.6. The Balaban J connectivity index is 1.44. The van der Waals surface area contributed by atoms with Crippen LogP contribution in [0.5, 0.6) is 0 Å². The minimum atomic E-state index is -0.236. The molecule has 0 saturated heterocycles. The number of fused-ring (bicyclic) bond motifs is 1. The largest absolute Gasteiger partial charge is 0.363 e. The molecule has 1 amide bonds. The summed E-state index contributed by atoms with van der Waals surface area (Å²) in [6, 6.07) is 21.7. The molecule has 0 saturated carbocycles. The summed E-state index contributed by atoms with van der Waals surface area (Å²) in [4.78, 5) is 14.7. The highest BCUT2D eigenvalue weighted by molar-refractivity contribution is 6.33. The van der Waals surface area contributed by atoms with Gasteiger partial charge in [-0.2, -0.15) is 5.10 Å². The molecule has 4 nitrogen and oxygen atoms in total. The van der Waals surface area contributed by atoms with Crippen molar-refractivity contribution >= 4 is 29.4 Å². The van der Waals surface area contributed by atoms with Crippen molar-refractivity contribution in [2.45, 2.75) is 20.0 Å². The Morgan fingerprint density at radius 2 is 1.79 bits per heavy atom. The van der Waals surface area contributed by atoms with E-state index in [2.05, 4.69) is 46.6 Å². The van der Waals surface area contributed by atoms with E-state index in [1.54, 1.807) is 12.3 Å². The molecular formula is C23H20ClN3O. The van der Waals surface area contributed by atoms with Gasteiger partial charge in [-0.15, -0.1) is 0 Å². The number of carbonyl (C=O) groups excluding carboxylic acids is 1. The first kappa shape index (κ1) is 18.3. The average molecular weight is 390 g/mol. The number of aryl methyl sites for hydroxylation is 1. The van der Waals surface area contributed by atoms with Gasteiger partial charge in [0.2, 0.25) is 0 Å². The van der Waals surface area contributed by atoms with E-state index in [0.717, 1.165) is 18.7 Å². The number of hydrazone groups is 1. The third-order valence-electron chi connectivity index (χ3n) is 4.86. The summed E-state index contributed by atoms with van der Waals surface area (Å²) in [5.41, 5.74) is 8.78. The van der Waals surface area contributed by atoms with Crippen LogP contribution in [0.15, 0.2) is 71.8 Å². The highest BCUT2D eigenvalue weighted by Crippen LogP contribution is 2.29. The highest BCUT2D eigenvalue weighted by Gasteiger charge is 2.20. The summed E-state index contributed by atoms with van der Waals surface area (Å²) < 4.78 is 0. The molecule has 0 radical (unpaired) electrons. The van der Waals surface area contributed by atoms with Gasteiger partial charge in [0.1, 0.15) is 0 Å². The maximum absolute atomic E-state index is 12.4. The number of hydrogen-bond acceptors (Lipinski definition) is 3. The fraction of sp³-hybridized carbons (Fsp3) is 0.130. The van der Waals surface area contributed by atoms with E-state index in [4.69, 9.17) is 11.6 Å². The Bertz CT molecular complexity index is 1040. The topological polar surface area (TPSA) is 44.7 Å². The van der Waals surface area contributed by atoms with Crippen molar-refractivity contribution < 1.29 is 4.79 Å². The Morgan fingerprint density at radius 1 is 1.04 bits per heavy atom. The van der Waals surface area contributed by atoms with Gasteiger partial charge in [0.25, 0.3) is 5.91 Å². The van der Waals surface area contributed by atoms with Gasteiger partial charge in [0.15, 0.2) is 0 Å². The van der Waals surface area contributed by atoms with Crippen LogP contribution in [0.1, 0.15) is 32.6 Å². The van der Waals surface area contributed by atoms with Crippen LogP contribution in [0.2, 0.25) is 5.02 Å². The molecule has 3 aromatic rings. The van der Waals surface area contributed by atoms with Gasteiger partial charge in [0, 0.05) is 34.9 Å². The number of benzene rings is 3. The maximum atomic E-state index is 12.4. The molecule has 3 aromatic carbocycles. The molecular weight excluding hydrogens is 370 g/mol. The van der Waals surface area contributed by atoms with E-state index in [-0.39, 0.29) is 5.91 Å². The van der Waals surface area contributed by atoms with Crippen molar-refractivity contribution in [2.75, 3.05) is 4.90 Å². The zero-order chi connectivity index (χ0) is 19.5. The van der Waals surface area contributed by atoms with E-state index >= 15 is 0 Å². The SMILES string of the molecule is Cc1ccc(N2Cc3ccc(C(=O)N/N=C/c4ccccc4Cl)cc3C2)cc1. The second-order valence-electron chi connectivity index (χ2n) is 6.90. The van der Waals surface area contributed by atoms with Crippen molar-refractivity contribution in [2.24, 2.45) is 5.10 Å². The van der Waals surface area contributed by atoms with Gasteiger partial charge in [0.05, 0.1) is 6.21 Å². The zero-order valence-corrected chi connectivity index (χ0v) is 16.3. The number of hydrogen-bond donors (Lipinski definition) is 1. The van der Waals surface area contributed by atoms with Crippen LogP contribution in [0.25, 0.3) is 0 Å². The smallest absolute Gasteiger partial charge is 0.271 e. The Labute approximate surface area is 169 Å². The summed E-state index contributed by atoms with van der Waals surface area (Å²) in [6.07, 6.45) is 1.55. The van der Waals surface area contributed by atoms with Crippen LogP contribution in [0, 0.1) is 6.92 Å². The van der Waals surface area contributed by atoms with Gasteiger partial charge >= 0.3 is 0 Å². The highest BCUT2D eigenvalue weighted by atomic mass is 35.5. The fourth-order valence-electron chi connectivity index (χ4n) is 3.28. The first-order valence-corrected chi connectivity index (χ1v) is 9.49. The summed E-state index contributed by atoms with van der Waals surface area (Å²) in [6.45, 7) is 3.73. The van der Waals surface area contributed by atoms with Crippen LogP contribution < -0.4 is 10.3 Å². The predicted octanol–water partition coefficient (Wildman–Crippen LogP) is 4.93. The van der Waals surface area contributed by atoms with Gasteiger partial charge in [-0.05, 0) is 48.4 Å². The molecule has 28 heavy (non-hydrogen) atoms. The lowest BCUT2D eigenvalue weighted by atomic mass is 10.1. The Morgan fingerprint density at radius 3 is 2.57 bits per heavy atom. The van der Waals surface area contributed by atoms with Crippen LogP contribution in [-0.2, 0) is 13.1 Å². The molecule has 0 atom stereocenters. The molecule has 1 heterocycles. The maximum Gasteiger partial charge on any atom is 0.271 e. The standard InChI is InChI=1S/C23H20ClN3O/c1-16-6-10-21(11-7-16)27-14-19-9-8-17(12-20(19)15-27)23(28)26-25-13-18-4-2-3-5-22(18)24/h2-13H,14-15H2,1H3,(H,26,28)/b25-13+. The van der Waals surface area contributed by atoms with E-state index < -0.39 is 0 Å². The van der Waals surface area contributed by atoms with Gasteiger partial charge < -0.3 is 4.90 Å². The number of carbonyl (C=O) groups is 1. The second kappa shape index (κ2) is 7.87. The molecule has 0 aromatic heterocycles. The minimum absolute atomic E-state index is 0.236. The van der Waals surface area contributed by atoms with Gasteiger partial charge in [-0.1, -0.05) is 53.6 Å². The molecule has 1 aliphatic heterocycles. The first-order valence-electron chi connectivity index (χ1n) is 9.11. The summed E-state index contributed by atoms with van der Waals surface area (Å²) in [5, 5.41) is 4.62. The average Bonchev–Trinajstić information content (AvgIpc) is 3.13. The summed E-state index contributed by atoms with van der Waals surface area (Å²) in [7, 11) is 0. The van der Waals surface area contributed by atoms with Crippen LogP contribution in [0.3, 0.4) is 0 Å². The van der Waals surface area contributed by atoms with Crippen molar-refractivity contribution in [3.8, 4) is 0 Å². The van der Waals surface area contributed by atoms with E-state index in [9.17, 15) is 4.79 Å². The van der Waals surface area contributed by atoms with Crippen molar-refractivity contribution in [3.63, 3.8) is 0 Å². The molecule has 0 fully saturated rings. The van der Waals surface area contributed by atoms with E-state index in [1.807, 2.05) is 36.4 Å². The number of nitrogens with zero attached hydrogens (tertiary/aromatic N) is 2. The monoisotopic (exact) mass is 389 g/mol. The molecule has 4 rings (SSSR count). The quantitative estimate of drug-likeness (QED) is 0.507. The molecule has 0 aliphatic carbocycles. The number of nitrogens with one attached hydrogen (secondary N) is 1. The van der Waals surface area contributed by atoms with Crippen molar-refractivity contribution in [1.82, 2.24) is 5.43 Å². The lowest BCUT2D eigenvalue weighted by Crippen LogP contribution is -2.18. The molecule has 1 N–H and O–H groups in total. The molecule has 1 aliphatic rings. The number of anilines is 1. The van der Waals surface area contributed by atoms with Crippen LogP contribution >= 0.6 is 11.6 Å². The normalized spacial score (nSPS) is 13.0. The van der Waals surface area contributed by atoms with Crippen molar-refractivity contribution in [3.05, 3.63) is 99.6 Å². The molecule has 140 valence electrons. The third kappa shape index (κ3) is 3.92. The Kier molecular flexibility index (Phi) is 5.13. The summed E-state index contributed by atoms with van der Waals surface area (Å²) >= 11 is 6.08. The number of halogens is 1. The lowest BCUT2D eigenvalue weighted by Gasteiger charge is -2.17. The number of amides is 1. The Hall–Kier alpha value is -3.11. The van der Waals surface area contributed by atoms with Crippen LogP contribution in [0.4, 0.5) is 5.69 Å². The zero-order valence-electron chi connectivity index (χ0n) is 15.5. The fourth-order valence-corrected chi connectivity index (χ4v) is 3.46. The molecule has 0 bridgehead atoms. The van der Waals surface area contributed by atoms with Gasteiger partial charge in [-0.3, -0.25) is 4.79 Å². The molecule has 0 spiro atoms.